The summed E-state index contributed by atoms with van der Waals surface area (Å²) in [6.45, 7) is 0. The van der Waals surface area contributed by atoms with Gasteiger partial charge in [-0.15, -0.1) is 0 Å². The van der Waals surface area contributed by atoms with Gasteiger partial charge in [-0.25, -0.2) is 0 Å². The minimum Gasteiger partial charge on any atom is -0.398 e. The second kappa shape index (κ2) is 14.3. The van der Waals surface area contributed by atoms with Crippen LogP contribution in [-0.4, -0.2) is 9.13 Å². The van der Waals surface area contributed by atoms with E-state index in [0.717, 1.165) is 23.4 Å². The second-order valence-electron chi connectivity index (χ2n) is 17.1. The van der Waals surface area contributed by atoms with Gasteiger partial charge in [0.1, 0.15) is 0 Å². The van der Waals surface area contributed by atoms with E-state index in [9.17, 15) is 0 Å². The van der Waals surface area contributed by atoms with Gasteiger partial charge in [-0.1, -0.05) is 152 Å². The number of rotatable bonds is 6. The first-order valence-corrected chi connectivity index (χ1v) is 22.1. The van der Waals surface area contributed by atoms with Gasteiger partial charge in [0.25, 0.3) is 0 Å². The van der Waals surface area contributed by atoms with E-state index < -0.39 is 0 Å². The Morgan fingerprint density at radius 1 is 0.359 bits per heavy atom. The zero-order valence-electron chi connectivity index (χ0n) is 35.0. The van der Waals surface area contributed by atoms with Crippen molar-refractivity contribution in [3.05, 3.63) is 241 Å². The van der Waals surface area contributed by atoms with E-state index in [-0.39, 0.29) is 0 Å². The van der Waals surface area contributed by atoms with Crippen LogP contribution in [0.1, 0.15) is 16.7 Å². The highest BCUT2D eigenvalue weighted by Gasteiger charge is 2.25. The highest BCUT2D eigenvalue weighted by atomic mass is 15.0. The molecule has 2 aromatic heterocycles. The summed E-state index contributed by atoms with van der Waals surface area (Å²) in [4.78, 5) is 0. The fraction of sp³-hybridized carbons (Fsp3) is 0.0164. The molecule has 0 spiro atoms. The molecule has 0 atom stereocenters. The van der Waals surface area contributed by atoms with Crippen LogP contribution in [-0.2, 0) is 6.42 Å². The van der Waals surface area contributed by atoms with Crippen LogP contribution in [0, 0.1) is 0 Å². The number of nitrogens with two attached hydrogens (primary N) is 1. The number of hydrogen-bond donors (Lipinski definition) is 1. The smallest absolute Gasteiger partial charge is 0.0547 e. The van der Waals surface area contributed by atoms with Crippen molar-refractivity contribution in [1.82, 2.24) is 9.13 Å². The Balaban J connectivity index is 0.876. The summed E-state index contributed by atoms with van der Waals surface area (Å²) in [6, 6.07) is 79.7. The molecule has 0 unspecified atom stereocenters. The number of benzene rings is 10. The summed E-state index contributed by atoms with van der Waals surface area (Å²) >= 11 is 0. The van der Waals surface area contributed by atoms with Crippen molar-refractivity contribution in [3.63, 3.8) is 0 Å². The Hall–Kier alpha value is -8.40. The molecule has 0 saturated heterocycles. The number of anilines is 1. The third-order valence-electron chi connectivity index (χ3n) is 13.5. The fourth-order valence-corrected chi connectivity index (χ4v) is 10.5. The maximum Gasteiger partial charge on any atom is 0.0547 e. The SMILES string of the molecule is Nc1cccc2c1/C(=C\Cc1ccc3cc(-c4ccc5c6cc(-c7ccc8c(c7)c7ccccc7n8-c7ccccc7)ccc6n(-c6ccccc6)c5c4)ccc3c1)c1ccccc1-2. The number of aromatic nitrogens is 2. The molecule has 0 fully saturated rings. The number of nitrogen functional groups attached to an aromatic ring is 1. The lowest BCUT2D eigenvalue weighted by Crippen LogP contribution is -1.93. The standard InChI is InChI=1S/C61H41N3/c62-56-20-11-19-52-48-16-7-8-17-49(48)53(61(52)56)30-23-39-22-24-41-35-42(26-25-40(41)34-39)45-27-31-51-55-37-44(29-33-59(55)64(60(51)38-45)47-14-5-2-6-15-47)43-28-32-58-54(36-43)50-18-9-10-21-57(50)63(58)46-12-3-1-4-13-46/h1-22,24-38H,23,62H2/b53-30-. The topological polar surface area (TPSA) is 35.9 Å². The lowest BCUT2D eigenvalue weighted by molar-refractivity contribution is 1.18. The van der Waals surface area contributed by atoms with E-state index in [0.29, 0.717) is 0 Å². The molecule has 300 valence electrons. The Bertz CT molecular complexity index is 3870. The van der Waals surface area contributed by atoms with Gasteiger partial charge in [0, 0.05) is 44.2 Å². The molecule has 2 N–H and O–H groups in total. The van der Waals surface area contributed by atoms with Crippen molar-refractivity contribution in [3.8, 4) is 44.8 Å². The monoisotopic (exact) mass is 815 g/mol. The second-order valence-corrected chi connectivity index (χ2v) is 17.1. The van der Waals surface area contributed by atoms with Gasteiger partial charge < -0.3 is 14.9 Å². The summed E-state index contributed by atoms with van der Waals surface area (Å²) in [6.07, 6.45) is 3.18. The minimum absolute atomic E-state index is 0.824. The van der Waals surface area contributed by atoms with Crippen LogP contribution in [0.4, 0.5) is 5.69 Å². The average molecular weight is 816 g/mol. The molecular formula is C61H41N3. The van der Waals surface area contributed by atoms with Crippen LogP contribution >= 0.6 is 0 Å². The molecule has 2 heterocycles. The summed E-state index contributed by atoms with van der Waals surface area (Å²) in [5.41, 5.74) is 26.7. The first-order chi connectivity index (χ1) is 31.6. The molecule has 3 heteroatoms. The van der Waals surface area contributed by atoms with Crippen molar-refractivity contribution < 1.29 is 0 Å². The first-order valence-electron chi connectivity index (χ1n) is 22.1. The third kappa shape index (κ3) is 5.68. The van der Waals surface area contributed by atoms with Gasteiger partial charge in [-0.3, -0.25) is 0 Å². The van der Waals surface area contributed by atoms with Crippen molar-refractivity contribution in [1.29, 1.82) is 0 Å². The Morgan fingerprint density at radius 2 is 0.891 bits per heavy atom. The quantitative estimate of drug-likeness (QED) is 0.167. The van der Waals surface area contributed by atoms with Gasteiger partial charge in [0.2, 0.25) is 0 Å². The van der Waals surface area contributed by atoms with Gasteiger partial charge in [0.15, 0.2) is 0 Å². The maximum atomic E-state index is 6.56. The molecular weight excluding hydrogens is 775 g/mol. The van der Waals surface area contributed by atoms with Gasteiger partial charge >= 0.3 is 0 Å². The van der Waals surface area contributed by atoms with Crippen molar-refractivity contribution in [2.45, 2.75) is 6.42 Å². The van der Waals surface area contributed by atoms with Crippen LogP contribution in [0.25, 0.3) is 105 Å². The molecule has 13 rings (SSSR count). The Morgan fingerprint density at radius 3 is 1.64 bits per heavy atom. The highest BCUT2D eigenvalue weighted by Crippen LogP contribution is 2.47. The average Bonchev–Trinajstić information content (AvgIpc) is 3.99. The molecule has 12 aromatic rings. The van der Waals surface area contributed by atoms with E-state index in [1.807, 2.05) is 6.07 Å². The minimum atomic E-state index is 0.824. The number of para-hydroxylation sites is 3. The van der Waals surface area contributed by atoms with Crippen LogP contribution in [0.5, 0.6) is 0 Å². The first kappa shape index (κ1) is 36.3. The van der Waals surface area contributed by atoms with Crippen LogP contribution < -0.4 is 5.73 Å². The molecule has 0 amide bonds. The van der Waals surface area contributed by atoms with E-state index >= 15 is 0 Å². The van der Waals surface area contributed by atoms with Gasteiger partial charge in [-0.05, 0) is 140 Å². The zero-order valence-corrected chi connectivity index (χ0v) is 35.0. The molecule has 0 bridgehead atoms. The van der Waals surface area contributed by atoms with Gasteiger partial charge in [0.05, 0.1) is 22.1 Å². The Labute approximate surface area is 371 Å². The number of allylic oxidation sites excluding steroid dienone is 1. The number of fused-ring (bicyclic) bond motifs is 10. The number of hydrogen-bond acceptors (Lipinski definition) is 1. The van der Waals surface area contributed by atoms with E-state index in [1.165, 1.54) is 110 Å². The fourth-order valence-electron chi connectivity index (χ4n) is 10.5. The molecule has 10 aromatic carbocycles. The van der Waals surface area contributed by atoms with Crippen molar-refractivity contribution >= 4 is 65.6 Å². The summed E-state index contributed by atoms with van der Waals surface area (Å²) < 4.78 is 4.80. The molecule has 0 saturated carbocycles. The summed E-state index contributed by atoms with van der Waals surface area (Å²) in [5, 5.41) is 7.45. The van der Waals surface area contributed by atoms with Crippen LogP contribution in [0.3, 0.4) is 0 Å². The van der Waals surface area contributed by atoms with E-state index in [1.54, 1.807) is 0 Å². The lowest BCUT2D eigenvalue weighted by Gasteiger charge is -2.10. The van der Waals surface area contributed by atoms with Crippen molar-refractivity contribution in [2.24, 2.45) is 0 Å². The maximum absolute atomic E-state index is 6.56. The third-order valence-corrected chi connectivity index (χ3v) is 13.5. The molecule has 0 radical (unpaired) electrons. The molecule has 3 nitrogen and oxygen atoms in total. The summed E-state index contributed by atoms with van der Waals surface area (Å²) in [7, 11) is 0. The lowest BCUT2D eigenvalue weighted by atomic mass is 9.96. The molecule has 1 aliphatic carbocycles. The zero-order chi connectivity index (χ0) is 42.3. The highest BCUT2D eigenvalue weighted by molar-refractivity contribution is 6.13. The number of nitrogens with zero attached hydrogens (tertiary/aromatic N) is 2. The van der Waals surface area contributed by atoms with Crippen molar-refractivity contribution in [2.75, 3.05) is 5.73 Å². The normalized spacial score (nSPS) is 12.8. The van der Waals surface area contributed by atoms with E-state index in [4.69, 9.17) is 5.73 Å². The van der Waals surface area contributed by atoms with E-state index in [2.05, 4.69) is 228 Å². The largest absolute Gasteiger partial charge is 0.398 e. The molecule has 1 aliphatic rings. The van der Waals surface area contributed by atoms with Crippen LogP contribution in [0.2, 0.25) is 0 Å². The summed E-state index contributed by atoms with van der Waals surface area (Å²) in [5.74, 6) is 0. The predicted octanol–water partition coefficient (Wildman–Crippen LogP) is 15.6. The Kier molecular flexibility index (Phi) is 8.13. The predicted molar refractivity (Wildman–Crippen MR) is 271 cm³/mol. The molecule has 64 heavy (non-hydrogen) atoms. The molecule has 0 aliphatic heterocycles. The van der Waals surface area contributed by atoms with Crippen LogP contribution in [0.15, 0.2) is 224 Å². The van der Waals surface area contributed by atoms with Gasteiger partial charge in [-0.2, -0.15) is 0 Å².